The second kappa shape index (κ2) is 9.77. The average molecular weight is 431 g/mol. The molecule has 4 rings (SSSR count). The summed E-state index contributed by atoms with van der Waals surface area (Å²) in [5.41, 5.74) is 1.89. The molecule has 1 atom stereocenters. The summed E-state index contributed by atoms with van der Waals surface area (Å²) in [6.07, 6.45) is 1.96. The molecule has 0 aliphatic carbocycles. The summed E-state index contributed by atoms with van der Waals surface area (Å²) < 4.78 is 11.7. The lowest BCUT2D eigenvalue weighted by Crippen LogP contribution is -2.56. The number of benzene rings is 3. The van der Waals surface area contributed by atoms with Gasteiger partial charge in [0.05, 0.1) is 5.56 Å². The van der Waals surface area contributed by atoms with E-state index in [4.69, 9.17) is 9.47 Å². The third kappa shape index (κ3) is 4.57. The molecule has 166 valence electrons. The first kappa shape index (κ1) is 21.8. The van der Waals surface area contributed by atoms with Crippen molar-refractivity contribution in [1.29, 1.82) is 0 Å². The maximum absolute atomic E-state index is 13.4. The van der Waals surface area contributed by atoms with E-state index in [-0.39, 0.29) is 5.91 Å². The van der Waals surface area contributed by atoms with E-state index in [0.29, 0.717) is 25.3 Å². The van der Waals surface area contributed by atoms with Gasteiger partial charge in [0.1, 0.15) is 30.4 Å². The maximum atomic E-state index is 13.4. The number of nitrogens with one attached hydrogen (secondary N) is 1. The van der Waals surface area contributed by atoms with Crippen LogP contribution in [0.15, 0.2) is 78.9 Å². The maximum Gasteiger partial charge on any atom is 0.258 e. The number of amides is 1. The molecule has 0 radical (unpaired) electrons. The normalized spacial score (nSPS) is 17.4. The van der Waals surface area contributed by atoms with Crippen LogP contribution in [0, 0.1) is 0 Å². The highest BCUT2D eigenvalue weighted by atomic mass is 16.5. The number of para-hydroxylation sites is 2. The largest absolute Gasteiger partial charge is 0.490 e. The molecule has 3 aromatic rings. The van der Waals surface area contributed by atoms with E-state index < -0.39 is 5.66 Å². The Labute approximate surface area is 190 Å². The number of ether oxygens (including phenoxy) is 2. The second-order valence-electron chi connectivity index (χ2n) is 8.09. The van der Waals surface area contributed by atoms with Crippen LogP contribution >= 0.6 is 0 Å². The topological polar surface area (TPSA) is 50.8 Å². The number of rotatable bonds is 9. The Hall–Kier alpha value is -3.47. The number of carbonyl (C=O) groups is 1. The Kier molecular flexibility index (Phi) is 6.64. The van der Waals surface area contributed by atoms with Crippen molar-refractivity contribution in [1.82, 2.24) is 4.90 Å². The zero-order valence-electron chi connectivity index (χ0n) is 18.7. The lowest BCUT2D eigenvalue weighted by molar-refractivity contribution is 0.0530. The van der Waals surface area contributed by atoms with Crippen molar-refractivity contribution in [3.8, 4) is 11.5 Å². The Morgan fingerprint density at radius 1 is 0.875 bits per heavy atom. The fourth-order valence-corrected chi connectivity index (χ4v) is 4.05. The molecule has 1 aliphatic heterocycles. The molecule has 1 N–H and O–H groups in total. The molecule has 1 aliphatic rings. The van der Waals surface area contributed by atoms with E-state index in [1.807, 2.05) is 83.8 Å². The van der Waals surface area contributed by atoms with Gasteiger partial charge in [-0.2, -0.15) is 0 Å². The Morgan fingerprint density at radius 3 is 2.34 bits per heavy atom. The first-order valence-electron chi connectivity index (χ1n) is 11.2. The van der Waals surface area contributed by atoms with Crippen LogP contribution in [0.1, 0.15) is 42.6 Å². The van der Waals surface area contributed by atoms with Gasteiger partial charge in [-0.15, -0.1) is 0 Å². The molecule has 1 unspecified atom stereocenters. The molecule has 1 amide bonds. The predicted molar refractivity (Wildman–Crippen MR) is 127 cm³/mol. The molecule has 0 fully saturated rings. The molecule has 3 aromatic carbocycles. The molecule has 0 saturated carbocycles. The SMILES string of the molecule is CCCCN1C(=O)c2ccccc2NC1(C)c1cccc(OCCOc2ccccc2)c1. The first-order valence-corrected chi connectivity index (χ1v) is 11.2. The van der Waals surface area contributed by atoms with Crippen LogP contribution in [0.3, 0.4) is 0 Å². The number of anilines is 1. The van der Waals surface area contributed by atoms with Gasteiger partial charge in [-0.25, -0.2) is 0 Å². The molecular weight excluding hydrogens is 400 g/mol. The van der Waals surface area contributed by atoms with E-state index in [0.717, 1.165) is 35.6 Å². The average Bonchev–Trinajstić information content (AvgIpc) is 2.83. The van der Waals surface area contributed by atoms with Crippen molar-refractivity contribution in [2.75, 3.05) is 25.1 Å². The molecule has 32 heavy (non-hydrogen) atoms. The van der Waals surface area contributed by atoms with Crippen molar-refractivity contribution in [3.63, 3.8) is 0 Å². The standard InChI is InChI=1S/C27H30N2O3/c1-3-4-17-29-26(30)24-15-8-9-16-25(24)28-27(29,2)21-11-10-14-23(20-21)32-19-18-31-22-12-6-5-7-13-22/h5-16,20,28H,3-4,17-19H2,1-2H3. The molecular formula is C27H30N2O3. The minimum Gasteiger partial charge on any atom is -0.490 e. The quantitative estimate of drug-likeness (QED) is 0.444. The number of nitrogens with zero attached hydrogens (tertiary/aromatic N) is 1. The van der Waals surface area contributed by atoms with Gasteiger partial charge >= 0.3 is 0 Å². The number of unbranched alkanes of at least 4 members (excludes halogenated alkanes) is 1. The summed E-state index contributed by atoms with van der Waals surface area (Å²) in [7, 11) is 0. The van der Waals surface area contributed by atoms with Crippen molar-refractivity contribution < 1.29 is 14.3 Å². The lowest BCUT2D eigenvalue weighted by Gasteiger charge is -2.47. The fourth-order valence-electron chi connectivity index (χ4n) is 4.05. The molecule has 5 nitrogen and oxygen atoms in total. The van der Waals surface area contributed by atoms with E-state index in [2.05, 4.69) is 19.2 Å². The summed E-state index contributed by atoms with van der Waals surface area (Å²) >= 11 is 0. The minimum atomic E-state index is -0.666. The summed E-state index contributed by atoms with van der Waals surface area (Å²) in [5.74, 6) is 1.63. The highest BCUT2D eigenvalue weighted by Crippen LogP contribution is 2.38. The molecule has 0 spiro atoms. The Morgan fingerprint density at radius 2 is 1.56 bits per heavy atom. The molecule has 5 heteroatoms. The zero-order valence-corrected chi connectivity index (χ0v) is 18.7. The third-order valence-electron chi connectivity index (χ3n) is 5.82. The summed E-state index contributed by atoms with van der Waals surface area (Å²) in [4.78, 5) is 15.3. The predicted octanol–water partition coefficient (Wildman–Crippen LogP) is 5.69. The van der Waals surface area contributed by atoms with Gasteiger partial charge in [-0.1, -0.05) is 55.8 Å². The van der Waals surface area contributed by atoms with Crippen molar-refractivity contribution >= 4 is 11.6 Å². The van der Waals surface area contributed by atoms with E-state index in [1.54, 1.807) is 0 Å². The van der Waals surface area contributed by atoms with Gasteiger partial charge in [0.2, 0.25) is 0 Å². The van der Waals surface area contributed by atoms with Gasteiger partial charge in [-0.05, 0) is 49.7 Å². The monoisotopic (exact) mass is 430 g/mol. The highest BCUT2D eigenvalue weighted by Gasteiger charge is 2.42. The number of hydrogen-bond acceptors (Lipinski definition) is 4. The second-order valence-corrected chi connectivity index (χ2v) is 8.09. The molecule has 0 aromatic heterocycles. The lowest BCUT2D eigenvalue weighted by atomic mass is 9.93. The number of fused-ring (bicyclic) bond motifs is 1. The van der Waals surface area contributed by atoms with Crippen molar-refractivity contribution in [3.05, 3.63) is 90.0 Å². The summed E-state index contributed by atoms with van der Waals surface area (Å²) in [6, 6.07) is 25.4. The van der Waals surface area contributed by atoms with E-state index in [9.17, 15) is 4.79 Å². The van der Waals surface area contributed by atoms with Crippen LogP contribution in [0.5, 0.6) is 11.5 Å². The minimum absolute atomic E-state index is 0.0536. The van der Waals surface area contributed by atoms with E-state index in [1.165, 1.54) is 0 Å². The fraction of sp³-hybridized carbons (Fsp3) is 0.296. The first-order chi connectivity index (χ1) is 15.6. The molecule has 0 bridgehead atoms. The molecule has 1 heterocycles. The summed E-state index contributed by atoms with van der Waals surface area (Å²) in [5, 5.41) is 3.62. The highest BCUT2D eigenvalue weighted by molar-refractivity contribution is 6.02. The van der Waals surface area contributed by atoms with Gasteiger partial charge in [0, 0.05) is 17.8 Å². The van der Waals surface area contributed by atoms with Crippen LogP contribution in [0.4, 0.5) is 5.69 Å². The van der Waals surface area contributed by atoms with Crippen LogP contribution in [0.25, 0.3) is 0 Å². The van der Waals surface area contributed by atoms with Gasteiger partial charge in [-0.3, -0.25) is 4.79 Å². The summed E-state index contributed by atoms with van der Waals surface area (Å²) in [6.45, 7) is 5.78. The third-order valence-corrected chi connectivity index (χ3v) is 5.82. The van der Waals surface area contributed by atoms with Gasteiger partial charge in [0.15, 0.2) is 0 Å². The molecule has 0 saturated heterocycles. The van der Waals surface area contributed by atoms with Gasteiger partial charge in [0.25, 0.3) is 5.91 Å². The van der Waals surface area contributed by atoms with Crippen LogP contribution in [0.2, 0.25) is 0 Å². The Balaban J connectivity index is 1.52. The van der Waals surface area contributed by atoms with Crippen LogP contribution in [-0.2, 0) is 5.66 Å². The van der Waals surface area contributed by atoms with Crippen LogP contribution < -0.4 is 14.8 Å². The van der Waals surface area contributed by atoms with E-state index >= 15 is 0 Å². The van der Waals surface area contributed by atoms with Crippen molar-refractivity contribution in [2.45, 2.75) is 32.4 Å². The zero-order chi connectivity index (χ0) is 22.4. The van der Waals surface area contributed by atoms with Crippen LogP contribution in [-0.4, -0.2) is 30.6 Å². The van der Waals surface area contributed by atoms with Gasteiger partial charge < -0.3 is 19.7 Å². The van der Waals surface area contributed by atoms with Crippen molar-refractivity contribution in [2.24, 2.45) is 0 Å². The number of hydrogen-bond donors (Lipinski definition) is 1. The Bertz CT molecular complexity index is 1050. The number of carbonyl (C=O) groups excluding carboxylic acids is 1. The smallest absolute Gasteiger partial charge is 0.258 e.